The first-order valence-electron chi connectivity index (χ1n) is 7.67. The molecule has 2 fully saturated rings. The van der Waals surface area contributed by atoms with E-state index in [0.717, 1.165) is 51.2 Å². The number of carbonyl (C=O) groups is 1. The van der Waals surface area contributed by atoms with E-state index in [2.05, 4.69) is 19.2 Å². The number of rotatable bonds is 4. The van der Waals surface area contributed by atoms with E-state index in [4.69, 9.17) is 10.5 Å². The van der Waals surface area contributed by atoms with Crippen molar-refractivity contribution in [1.82, 2.24) is 5.32 Å². The Balaban J connectivity index is 1.86. The summed E-state index contributed by atoms with van der Waals surface area (Å²) >= 11 is 0. The number of carbonyl (C=O) groups excluding carboxylic acids is 1. The molecule has 0 radical (unpaired) electrons. The summed E-state index contributed by atoms with van der Waals surface area (Å²) in [5.41, 5.74) is 5.60. The molecular weight excluding hydrogens is 240 g/mol. The molecule has 2 atom stereocenters. The van der Waals surface area contributed by atoms with Gasteiger partial charge in [-0.1, -0.05) is 6.92 Å². The average Bonchev–Trinajstić information content (AvgIpc) is 2.83. The molecule has 1 heterocycles. The van der Waals surface area contributed by atoms with Crippen LogP contribution in [0.2, 0.25) is 0 Å². The van der Waals surface area contributed by atoms with Crippen molar-refractivity contribution in [1.29, 1.82) is 0 Å². The quantitative estimate of drug-likeness (QED) is 0.815. The first-order chi connectivity index (χ1) is 9.07. The van der Waals surface area contributed by atoms with Crippen LogP contribution in [0.15, 0.2) is 0 Å². The highest BCUT2D eigenvalue weighted by Gasteiger charge is 2.40. The minimum atomic E-state index is -0.310. The van der Waals surface area contributed by atoms with Crippen molar-refractivity contribution in [3.8, 4) is 0 Å². The van der Waals surface area contributed by atoms with E-state index in [1.54, 1.807) is 0 Å². The summed E-state index contributed by atoms with van der Waals surface area (Å²) in [4.78, 5) is 12.5. The van der Waals surface area contributed by atoms with E-state index >= 15 is 0 Å². The normalized spacial score (nSPS) is 39.2. The zero-order valence-corrected chi connectivity index (χ0v) is 12.3. The lowest BCUT2D eigenvalue weighted by atomic mass is 9.70. The van der Waals surface area contributed by atoms with Crippen molar-refractivity contribution in [2.24, 2.45) is 23.0 Å². The van der Waals surface area contributed by atoms with Gasteiger partial charge in [-0.3, -0.25) is 4.79 Å². The fourth-order valence-corrected chi connectivity index (χ4v) is 3.29. The van der Waals surface area contributed by atoms with Crippen LogP contribution in [0.1, 0.15) is 46.0 Å². The summed E-state index contributed by atoms with van der Waals surface area (Å²) in [6, 6.07) is 0. The van der Waals surface area contributed by atoms with E-state index in [1.807, 2.05) is 0 Å². The van der Waals surface area contributed by atoms with E-state index in [1.165, 1.54) is 0 Å². The van der Waals surface area contributed by atoms with Crippen LogP contribution in [0.4, 0.5) is 0 Å². The second kappa shape index (κ2) is 6.23. The van der Waals surface area contributed by atoms with E-state index in [-0.39, 0.29) is 17.4 Å². The Kier molecular flexibility index (Phi) is 4.85. The number of hydrogen-bond donors (Lipinski definition) is 2. The second-order valence-electron chi connectivity index (χ2n) is 6.50. The predicted octanol–water partition coefficient (Wildman–Crippen LogP) is 1.68. The zero-order chi connectivity index (χ0) is 13.9. The molecule has 2 aliphatic rings. The summed E-state index contributed by atoms with van der Waals surface area (Å²) in [6.07, 6.45) is 5.43. The third kappa shape index (κ3) is 3.29. The Bertz CT molecular complexity index is 311. The molecule has 4 nitrogen and oxygen atoms in total. The van der Waals surface area contributed by atoms with Crippen LogP contribution in [-0.4, -0.2) is 31.7 Å². The van der Waals surface area contributed by atoms with Gasteiger partial charge in [0.2, 0.25) is 5.91 Å². The van der Waals surface area contributed by atoms with Crippen LogP contribution >= 0.6 is 0 Å². The lowest BCUT2D eigenvalue weighted by molar-refractivity contribution is -0.133. The number of nitrogens with one attached hydrogen (secondary N) is 1. The van der Waals surface area contributed by atoms with Gasteiger partial charge in [0.15, 0.2) is 0 Å². The summed E-state index contributed by atoms with van der Waals surface area (Å²) < 4.78 is 5.53. The van der Waals surface area contributed by atoms with Gasteiger partial charge >= 0.3 is 0 Å². The molecular formula is C15H28N2O2. The van der Waals surface area contributed by atoms with Crippen LogP contribution in [0.3, 0.4) is 0 Å². The third-order valence-electron chi connectivity index (χ3n) is 5.16. The minimum absolute atomic E-state index is 0.168. The van der Waals surface area contributed by atoms with Gasteiger partial charge in [0, 0.05) is 25.6 Å². The van der Waals surface area contributed by atoms with Crippen molar-refractivity contribution in [3.63, 3.8) is 0 Å². The molecule has 1 saturated carbocycles. The third-order valence-corrected chi connectivity index (χ3v) is 5.16. The highest BCUT2D eigenvalue weighted by Crippen LogP contribution is 2.38. The van der Waals surface area contributed by atoms with Crippen LogP contribution < -0.4 is 11.1 Å². The molecule has 0 aromatic heterocycles. The molecule has 4 heteroatoms. The topological polar surface area (TPSA) is 64.4 Å². The van der Waals surface area contributed by atoms with Gasteiger partial charge in [-0.15, -0.1) is 0 Å². The maximum Gasteiger partial charge on any atom is 0.227 e. The molecule has 0 bridgehead atoms. The summed E-state index contributed by atoms with van der Waals surface area (Å²) in [6.45, 7) is 6.38. The number of hydrogen-bond acceptors (Lipinski definition) is 3. The summed E-state index contributed by atoms with van der Waals surface area (Å²) in [5, 5.41) is 3.13. The fraction of sp³-hybridized carbons (Fsp3) is 0.933. The first kappa shape index (κ1) is 14.8. The monoisotopic (exact) mass is 268 g/mol. The molecule has 110 valence electrons. The Hall–Kier alpha value is -0.610. The largest absolute Gasteiger partial charge is 0.378 e. The highest BCUT2D eigenvalue weighted by molar-refractivity contribution is 5.83. The highest BCUT2D eigenvalue weighted by atomic mass is 16.5. The Morgan fingerprint density at radius 1 is 1.32 bits per heavy atom. The molecule has 0 spiro atoms. The number of ether oxygens (including phenoxy) is 1. The number of nitrogens with two attached hydrogens (primary N) is 1. The van der Waals surface area contributed by atoms with Crippen molar-refractivity contribution in [2.45, 2.75) is 52.1 Å². The fourth-order valence-electron chi connectivity index (χ4n) is 3.29. The van der Waals surface area contributed by atoms with Crippen molar-refractivity contribution >= 4 is 5.91 Å². The summed E-state index contributed by atoms with van der Waals surface area (Å²) in [5.74, 6) is 1.36. The Morgan fingerprint density at radius 3 is 2.53 bits per heavy atom. The molecule has 0 aromatic rings. The van der Waals surface area contributed by atoms with Gasteiger partial charge in [-0.05, 0) is 44.9 Å². The van der Waals surface area contributed by atoms with Crippen LogP contribution in [-0.2, 0) is 9.53 Å². The Labute approximate surface area is 116 Å². The van der Waals surface area contributed by atoms with Crippen molar-refractivity contribution in [2.75, 3.05) is 19.7 Å². The second-order valence-corrected chi connectivity index (χ2v) is 6.50. The molecule has 2 rings (SSSR count). The van der Waals surface area contributed by atoms with Crippen LogP contribution in [0.5, 0.6) is 0 Å². The van der Waals surface area contributed by atoms with E-state index in [0.29, 0.717) is 12.5 Å². The van der Waals surface area contributed by atoms with Crippen molar-refractivity contribution in [3.05, 3.63) is 0 Å². The molecule has 19 heavy (non-hydrogen) atoms. The number of amides is 1. The van der Waals surface area contributed by atoms with Gasteiger partial charge in [-0.25, -0.2) is 0 Å². The molecule has 3 N–H and O–H groups in total. The minimum Gasteiger partial charge on any atom is -0.378 e. The van der Waals surface area contributed by atoms with E-state index in [9.17, 15) is 4.79 Å². The van der Waals surface area contributed by atoms with Crippen LogP contribution in [0.25, 0.3) is 0 Å². The maximum absolute atomic E-state index is 12.5. The van der Waals surface area contributed by atoms with Gasteiger partial charge in [0.05, 0.1) is 11.5 Å². The molecule has 1 aliphatic carbocycles. The zero-order valence-electron chi connectivity index (χ0n) is 12.3. The molecule has 0 aromatic carbocycles. The lowest BCUT2D eigenvalue weighted by Crippen LogP contribution is -2.49. The maximum atomic E-state index is 12.5. The summed E-state index contributed by atoms with van der Waals surface area (Å²) in [7, 11) is 0. The van der Waals surface area contributed by atoms with Gasteiger partial charge in [-0.2, -0.15) is 0 Å². The van der Waals surface area contributed by atoms with Gasteiger partial charge < -0.3 is 15.8 Å². The standard InChI is InChI=1S/C15H28N2O2/c1-11-3-6-15(10-16,7-4-11)14(18)17-9-13-5-8-19-12(13)2/h11-13H,3-10,16H2,1-2H3,(H,17,18). The van der Waals surface area contributed by atoms with Crippen molar-refractivity contribution < 1.29 is 9.53 Å². The smallest absolute Gasteiger partial charge is 0.227 e. The van der Waals surface area contributed by atoms with E-state index < -0.39 is 0 Å². The first-order valence-corrected chi connectivity index (χ1v) is 7.67. The SMILES string of the molecule is CC1CCC(CN)(C(=O)NCC2CCOC2C)CC1. The molecule has 1 saturated heterocycles. The van der Waals surface area contributed by atoms with Gasteiger partial charge in [0.1, 0.15) is 0 Å². The van der Waals surface area contributed by atoms with Gasteiger partial charge in [0.25, 0.3) is 0 Å². The average molecular weight is 268 g/mol. The lowest BCUT2D eigenvalue weighted by Gasteiger charge is -2.37. The predicted molar refractivity (Wildman–Crippen MR) is 75.7 cm³/mol. The molecule has 2 unspecified atom stereocenters. The molecule has 1 aliphatic heterocycles. The van der Waals surface area contributed by atoms with Crippen LogP contribution in [0, 0.1) is 17.3 Å². The Morgan fingerprint density at radius 2 is 2.00 bits per heavy atom. The molecule has 1 amide bonds.